The summed E-state index contributed by atoms with van der Waals surface area (Å²) < 4.78 is 2.22. The van der Waals surface area contributed by atoms with Gasteiger partial charge in [-0.25, -0.2) is 4.98 Å². The molecule has 0 bridgehead atoms. The zero-order valence-corrected chi connectivity index (χ0v) is 12.8. The third kappa shape index (κ3) is 2.79. The Morgan fingerprint density at radius 2 is 2.22 bits per heavy atom. The van der Waals surface area contributed by atoms with Crippen LogP contribution in [0.4, 0.5) is 0 Å². The highest BCUT2D eigenvalue weighted by atomic mass is 35.5. The summed E-state index contributed by atoms with van der Waals surface area (Å²) in [7, 11) is 0. The summed E-state index contributed by atoms with van der Waals surface area (Å²) in [5, 5.41) is 0.712. The van der Waals surface area contributed by atoms with Gasteiger partial charge < -0.3 is 4.57 Å². The van der Waals surface area contributed by atoms with Gasteiger partial charge in [0.05, 0.1) is 16.9 Å². The Hall–Kier alpha value is -0.380. The lowest BCUT2D eigenvalue weighted by molar-refractivity contribution is 0.606. The standard InChI is InChI=1S/C13H16Cl2N2S/c1-3-18-8-9(2)17-12-5-4-10(15)6-11(12)16-13(17)7-14/h4-6,9H,3,7-8H2,1-2H3. The number of fused-ring (bicyclic) bond motifs is 1. The minimum atomic E-state index is 0.384. The second-order valence-electron chi connectivity index (χ2n) is 4.17. The molecule has 0 radical (unpaired) electrons. The molecule has 0 amide bonds. The van der Waals surface area contributed by atoms with E-state index in [2.05, 4.69) is 23.4 Å². The average Bonchev–Trinajstić information content (AvgIpc) is 2.73. The van der Waals surface area contributed by atoms with Gasteiger partial charge in [-0.2, -0.15) is 11.8 Å². The maximum absolute atomic E-state index is 6.00. The summed E-state index contributed by atoms with van der Waals surface area (Å²) in [6.45, 7) is 4.38. The topological polar surface area (TPSA) is 17.8 Å². The molecule has 2 rings (SSSR count). The fraction of sp³-hybridized carbons (Fsp3) is 0.462. The molecular weight excluding hydrogens is 287 g/mol. The second kappa shape index (κ2) is 6.18. The van der Waals surface area contributed by atoms with Crippen LogP contribution in [-0.4, -0.2) is 21.1 Å². The Kier molecular flexibility index (Phi) is 4.82. The van der Waals surface area contributed by atoms with Crippen molar-refractivity contribution in [3.8, 4) is 0 Å². The predicted octanol–water partition coefficient (Wildman–Crippen LogP) is 4.74. The number of halogens is 2. The molecule has 2 aromatic rings. The van der Waals surface area contributed by atoms with Gasteiger partial charge in [0, 0.05) is 16.8 Å². The minimum Gasteiger partial charge on any atom is -0.323 e. The molecule has 0 aliphatic carbocycles. The van der Waals surface area contributed by atoms with Crippen molar-refractivity contribution in [3.05, 3.63) is 29.0 Å². The van der Waals surface area contributed by atoms with E-state index in [4.69, 9.17) is 23.2 Å². The first-order chi connectivity index (χ1) is 8.67. The average molecular weight is 303 g/mol. The number of aromatic nitrogens is 2. The Morgan fingerprint density at radius 3 is 2.89 bits per heavy atom. The van der Waals surface area contributed by atoms with Crippen molar-refractivity contribution < 1.29 is 0 Å². The Balaban J connectivity index is 2.46. The van der Waals surface area contributed by atoms with Crippen LogP contribution in [0.15, 0.2) is 18.2 Å². The molecule has 98 valence electrons. The van der Waals surface area contributed by atoms with E-state index in [-0.39, 0.29) is 0 Å². The lowest BCUT2D eigenvalue weighted by Gasteiger charge is -2.16. The Labute approximate surface area is 122 Å². The predicted molar refractivity (Wildman–Crippen MR) is 82.0 cm³/mol. The number of hydrogen-bond donors (Lipinski definition) is 0. The molecule has 18 heavy (non-hydrogen) atoms. The van der Waals surface area contributed by atoms with E-state index in [1.165, 1.54) is 0 Å². The zero-order chi connectivity index (χ0) is 13.1. The Morgan fingerprint density at radius 1 is 1.44 bits per heavy atom. The van der Waals surface area contributed by atoms with Crippen LogP contribution in [0.25, 0.3) is 11.0 Å². The molecule has 0 saturated heterocycles. The monoisotopic (exact) mass is 302 g/mol. The number of thioether (sulfide) groups is 1. The fourth-order valence-electron chi connectivity index (χ4n) is 2.07. The van der Waals surface area contributed by atoms with Gasteiger partial charge in [0.15, 0.2) is 0 Å². The van der Waals surface area contributed by atoms with Crippen LogP contribution in [0.3, 0.4) is 0 Å². The first kappa shape index (κ1) is 14.0. The molecule has 5 heteroatoms. The van der Waals surface area contributed by atoms with Crippen molar-refractivity contribution in [2.45, 2.75) is 25.8 Å². The van der Waals surface area contributed by atoms with E-state index in [1.807, 2.05) is 30.0 Å². The molecule has 1 atom stereocenters. The van der Waals surface area contributed by atoms with Crippen molar-refractivity contribution in [3.63, 3.8) is 0 Å². The lowest BCUT2D eigenvalue weighted by atomic mass is 10.3. The quantitative estimate of drug-likeness (QED) is 0.742. The zero-order valence-electron chi connectivity index (χ0n) is 10.5. The summed E-state index contributed by atoms with van der Waals surface area (Å²) in [4.78, 5) is 4.56. The van der Waals surface area contributed by atoms with Gasteiger partial charge in [-0.15, -0.1) is 11.6 Å². The van der Waals surface area contributed by atoms with Crippen LogP contribution >= 0.6 is 35.0 Å². The summed E-state index contributed by atoms with van der Waals surface area (Å²) in [6, 6.07) is 6.20. The molecule has 0 saturated carbocycles. The van der Waals surface area contributed by atoms with Crippen LogP contribution < -0.4 is 0 Å². The lowest BCUT2D eigenvalue weighted by Crippen LogP contribution is -2.11. The molecule has 2 nitrogen and oxygen atoms in total. The smallest absolute Gasteiger partial charge is 0.125 e. The van der Waals surface area contributed by atoms with E-state index >= 15 is 0 Å². The first-order valence-electron chi connectivity index (χ1n) is 5.97. The highest BCUT2D eigenvalue weighted by Gasteiger charge is 2.15. The van der Waals surface area contributed by atoms with Crippen molar-refractivity contribution >= 4 is 46.0 Å². The number of nitrogens with zero attached hydrogens (tertiary/aromatic N) is 2. The highest BCUT2D eigenvalue weighted by molar-refractivity contribution is 7.99. The number of hydrogen-bond acceptors (Lipinski definition) is 2. The Bertz CT molecular complexity index is 539. The van der Waals surface area contributed by atoms with Crippen LogP contribution in [0.5, 0.6) is 0 Å². The molecule has 0 N–H and O–H groups in total. The van der Waals surface area contributed by atoms with E-state index in [9.17, 15) is 0 Å². The van der Waals surface area contributed by atoms with E-state index < -0.39 is 0 Å². The van der Waals surface area contributed by atoms with Crippen LogP contribution in [0.1, 0.15) is 25.7 Å². The van der Waals surface area contributed by atoms with Crippen LogP contribution in [0, 0.1) is 0 Å². The molecular formula is C13H16Cl2N2S. The first-order valence-corrected chi connectivity index (χ1v) is 8.04. The molecule has 1 heterocycles. The third-order valence-corrected chi connectivity index (χ3v) is 4.45. The van der Waals surface area contributed by atoms with Crippen LogP contribution in [-0.2, 0) is 5.88 Å². The van der Waals surface area contributed by atoms with Gasteiger partial charge in [0.25, 0.3) is 0 Å². The van der Waals surface area contributed by atoms with E-state index in [1.54, 1.807) is 0 Å². The van der Waals surface area contributed by atoms with E-state index in [0.717, 1.165) is 28.4 Å². The third-order valence-electron chi connectivity index (χ3n) is 2.85. The van der Waals surface area contributed by atoms with Crippen molar-refractivity contribution in [1.29, 1.82) is 0 Å². The van der Waals surface area contributed by atoms with Crippen molar-refractivity contribution in [2.75, 3.05) is 11.5 Å². The fourth-order valence-corrected chi connectivity index (χ4v) is 3.15. The number of alkyl halides is 1. The molecule has 1 aromatic heterocycles. The number of imidazole rings is 1. The van der Waals surface area contributed by atoms with E-state index in [0.29, 0.717) is 16.9 Å². The largest absolute Gasteiger partial charge is 0.323 e. The van der Waals surface area contributed by atoms with Gasteiger partial charge in [-0.3, -0.25) is 0 Å². The summed E-state index contributed by atoms with van der Waals surface area (Å²) >= 11 is 13.9. The molecule has 1 aromatic carbocycles. The molecule has 0 aliphatic heterocycles. The minimum absolute atomic E-state index is 0.384. The number of benzene rings is 1. The summed E-state index contributed by atoms with van der Waals surface area (Å²) in [5.41, 5.74) is 2.03. The van der Waals surface area contributed by atoms with Gasteiger partial charge in [0.1, 0.15) is 5.82 Å². The van der Waals surface area contributed by atoms with Crippen molar-refractivity contribution in [2.24, 2.45) is 0 Å². The van der Waals surface area contributed by atoms with Crippen LogP contribution in [0.2, 0.25) is 5.02 Å². The summed E-state index contributed by atoms with van der Waals surface area (Å²) in [6.07, 6.45) is 0. The SMILES string of the molecule is CCSCC(C)n1c(CCl)nc2cc(Cl)ccc21. The van der Waals surface area contributed by atoms with Gasteiger partial charge in [-0.1, -0.05) is 18.5 Å². The normalized spacial score (nSPS) is 13.1. The van der Waals surface area contributed by atoms with Gasteiger partial charge >= 0.3 is 0 Å². The van der Waals surface area contributed by atoms with Gasteiger partial charge in [0.2, 0.25) is 0 Å². The highest BCUT2D eigenvalue weighted by Crippen LogP contribution is 2.26. The molecule has 1 unspecified atom stereocenters. The molecule has 0 aliphatic rings. The van der Waals surface area contributed by atoms with Crippen molar-refractivity contribution in [1.82, 2.24) is 9.55 Å². The molecule has 0 fully saturated rings. The maximum Gasteiger partial charge on any atom is 0.125 e. The number of rotatable bonds is 5. The maximum atomic E-state index is 6.00. The van der Waals surface area contributed by atoms with Gasteiger partial charge in [-0.05, 0) is 30.9 Å². The molecule has 0 spiro atoms. The second-order valence-corrected chi connectivity index (χ2v) is 6.20. The summed E-state index contributed by atoms with van der Waals surface area (Å²) in [5.74, 6) is 3.53.